The molecule has 3 heterocycles. The minimum Gasteiger partial charge on any atom is -0.254 e. The number of benzene rings is 8. The molecule has 0 spiro atoms. The van der Waals surface area contributed by atoms with E-state index in [1.165, 1.54) is 58.6 Å². The molecule has 0 radical (unpaired) electrons. The standard InChI is InChI=1S/C45H25N3S/c1-2-11-28-21-29(18-17-26(28)9-1)43-42-31-12-4-3-10-27(31)19-20-39(42)47-45(48-43)30-22-41-44(46-25-30)38-23-36-34-15-7-5-13-32(34)33-14-6-8-16-35(33)37(36)24-40(38)49-41/h1-25H. The van der Waals surface area contributed by atoms with Crippen LogP contribution in [0.1, 0.15) is 0 Å². The van der Waals surface area contributed by atoms with Gasteiger partial charge in [0, 0.05) is 32.8 Å². The van der Waals surface area contributed by atoms with Gasteiger partial charge < -0.3 is 0 Å². The summed E-state index contributed by atoms with van der Waals surface area (Å²) in [6, 6.07) is 52.3. The number of hydrogen-bond acceptors (Lipinski definition) is 4. The molecule has 49 heavy (non-hydrogen) atoms. The fourth-order valence-corrected chi connectivity index (χ4v) is 8.87. The molecule has 0 atom stereocenters. The fraction of sp³-hybridized carbons (Fsp3) is 0. The highest BCUT2D eigenvalue weighted by Gasteiger charge is 2.18. The Bertz CT molecular complexity index is 3180. The number of fused-ring (bicyclic) bond motifs is 13. The Morgan fingerprint density at radius 1 is 0.408 bits per heavy atom. The largest absolute Gasteiger partial charge is 0.254 e. The molecule has 0 saturated heterocycles. The van der Waals surface area contributed by atoms with Crippen molar-refractivity contribution in [1.29, 1.82) is 0 Å². The Morgan fingerprint density at radius 3 is 1.82 bits per heavy atom. The van der Waals surface area contributed by atoms with Crippen LogP contribution in [0.4, 0.5) is 0 Å². The van der Waals surface area contributed by atoms with Gasteiger partial charge in [-0.2, -0.15) is 0 Å². The predicted octanol–water partition coefficient (Wildman–Crippen LogP) is 12.5. The Kier molecular flexibility index (Phi) is 5.54. The van der Waals surface area contributed by atoms with Gasteiger partial charge in [-0.3, -0.25) is 4.98 Å². The molecule has 8 aromatic carbocycles. The summed E-state index contributed by atoms with van der Waals surface area (Å²) >= 11 is 1.79. The van der Waals surface area contributed by atoms with Crippen molar-refractivity contribution in [3.63, 3.8) is 0 Å². The Morgan fingerprint density at radius 2 is 1.04 bits per heavy atom. The molecule has 0 aliphatic carbocycles. The molecular weight excluding hydrogens is 615 g/mol. The summed E-state index contributed by atoms with van der Waals surface area (Å²) in [6.07, 6.45) is 1.95. The van der Waals surface area contributed by atoms with E-state index in [9.17, 15) is 0 Å². The maximum atomic E-state index is 5.33. The lowest BCUT2D eigenvalue weighted by Gasteiger charge is -2.12. The van der Waals surface area contributed by atoms with Gasteiger partial charge in [0.2, 0.25) is 0 Å². The maximum Gasteiger partial charge on any atom is 0.162 e. The molecule has 3 nitrogen and oxygen atoms in total. The zero-order valence-corrected chi connectivity index (χ0v) is 27.0. The van der Waals surface area contributed by atoms with Crippen LogP contribution in [0.25, 0.3) is 108 Å². The summed E-state index contributed by atoms with van der Waals surface area (Å²) in [6.45, 7) is 0. The Balaban J connectivity index is 1.15. The van der Waals surface area contributed by atoms with Gasteiger partial charge in [0.15, 0.2) is 5.82 Å². The lowest BCUT2D eigenvalue weighted by molar-refractivity contribution is 1.22. The van der Waals surface area contributed by atoms with Crippen molar-refractivity contribution in [1.82, 2.24) is 15.0 Å². The molecule has 11 aromatic rings. The van der Waals surface area contributed by atoms with Gasteiger partial charge in [-0.1, -0.05) is 115 Å². The van der Waals surface area contributed by atoms with Crippen LogP contribution in [0.15, 0.2) is 152 Å². The SMILES string of the molecule is c1ccc2cc(-c3nc(-c4cnc5c(c4)sc4cc6c7ccccc7c7ccccc7c6cc45)nc4ccc5ccccc5c34)ccc2c1. The first kappa shape index (κ1) is 26.8. The normalized spacial score (nSPS) is 12.1. The molecule has 3 aromatic heterocycles. The summed E-state index contributed by atoms with van der Waals surface area (Å²) in [5.41, 5.74) is 4.86. The molecule has 0 aliphatic rings. The van der Waals surface area contributed by atoms with Gasteiger partial charge in [0.05, 0.1) is 21.4 Å². The van der Waals surface area contributed by atoms with E-state index in [-0.39, 0.29) is 0 Å². The van der Waals surface area contributed by atoms with E-state index in [0.717, 1.165) is 43.3 Å². The van der Waals surface area contributed by atoms with Crippen LogP contribution in [0.5, 0.6) is 0 Å². The minimum absolute atomic E-state index is 0.681. The molecule has 0 unspecified atom stereocenters. The van der Waals surface area contributed by atoms with Crippen LogP contribution in [0.2, 0.25) is 0 Å². The van der Waals surface area contributed by atoms with E-state index < -0.39 is 0 Å². The molecule has 0 N–H and O–H groups in total. The number of rotatable bonds is 2. The summed E-state index contributed by atoms with van der Waals surface area (Å²) in [5, 5.41) is 14.6. The van der Waals surface area contributed by atoms with Crippen molar-refractivity contribution >= 4 is 96.4 Å². The zero-order chi connectivity index (χ0) is 32.1. The maximum absolute atomic E-state index is 5.33. The lowest BCUT2D eigenvalue weighted by atomic mass is 9.93. The van der Waals surface area contributed by atoms with Gasteiger partial charge in [0.1, 0.15) is 0 Å². The average molecular weight is 640 g/mol. The molecule has 0 aliphatic heterocycles. The van der Waals surface area contributed by atoms with Gasteiger partial charge in [-0.05, 0) is 84.2 Å². The summed E-state index contributed by atoms with van der Waals surface area (Å²) < 4.78 is 2.36. The zero-order valence-electron chi connectivity index (χ0n) is 26.2. The molecule has 11 rings (SSSR count). The number of hydrogen-bond donors (Lipinski definition) is 0. The monoisotopic (exact) mass is 639 g/mol. The van der Waals surface area contributed by atoms with Crippen molar-refractivity contribution < 1.29 is 0 Å². The van der Waals surface area contributed by atoms with Crippen LogP contribution < -0.4 is 0 Å². The third-order valence-corrected chi connectivity index (χ3v) is 11.1. The van der Waals surface area contributed by atoms with E-state index in [1.54, 1.807) is 11.3 Å². The average Bonchev–Trinajstić information content (AvgIpc) is 3.53. The summed E-state index contributed by atoms with van der Waals surface area (Å²) in [7, 11) is 0. The van der Waals surface area contributed by atoms with Crippen molar-refractivity contribution in [2.24, 2.45) is 0 Å². The molecule has 4 heteroatoms. The first-order valence-electron chi connectivity index (χ1n) is 16.5. The highest BCUT2D eigenvalue weighted by Crippen LogP contribution is 2.42. The van der Waals surface area contributed by atoms with E-state index in [4.69, 9.17) is 15.0 Å². The van der Waals surface area contributed by atoms with E-state index >= 15 is 0 Å². The molecule has 0 fully saturated rings. The lowest BCUT2D eigenvalue weighted by Crippen LogP contribution is -1.96. The summed E-state index contributed by atoms with van der Waals surface area (Å²) in [4.78, 5) is 15.6. The van der Waals surface area contributed by atoms with Crippen molar-refractivity contribution in [2.75, 3.05) is 0 Å². The number of aromatic nitrogens is 3. The van der Waals surface area contributed by atoms with Gasteiger partial charge in [-0.15, -0.1) is 11.3 Å². The third-order valence-electron chi connectivity index (χ3n) is 10.0. The molecule has 0 amide bonds. The first-order chi connectivity index (χ1) is 24.3. The fourth-order valence-electron chi connectivity index (χ4n) is 7.74. The van der Waals surface area contributed by atoms with E-state index in [1.807, 2.05) is 6.20 Å². The van der Waals surface area contributed by atoms with Crippen LogP contribution in [0.3, 0.4) is 0 Å². The third kappa shape index (κ3) is 3.98. The highest BCUT2D eigenvalue weighted by molar-refractivity contribution is 7.25. The number of nitrogens with zero attached hydrogens (tertiary/aromatic N) is 3. The van der Waals surface area contributed by atoms with Crippen LogP contribution >= 0.6 is 11.3 Å². The smallest absolute Gasteiger partial charge is 0.162 e. The molecular formula is C45H25N3S. The minimum atomic E-state index is 0.681. The van der Waals surface area contributed by atoms with Crippen LogP contribution in [0, 0.1) is 0 Å². The van der Waals surface area contributed by atoms with Crippen molar-refractivity contribution in [3.8, 4) is 22.6 Å². The quantitative estimate of drug-likeness (QED) is 0.177. The number of pyridine rings is 1. The Hall–Kier alpha value is -6.23. The van der Waals surface area contributed by atoms with Gasteiger partial charge in [0.25, 0.3) is 0 Å². The second kappa shape index (κ2) is 10.1. The Labute approximate surface area is 284 Å². The van der Waals surface area contributed by atoms with Crippen LogP contribution in [-0.2, 0) is 0 Å². The van der Waals surface area contributed by atoms with Crippen molar-refractivity contribution in [3.05, 3.63) is 152 Å². The molecule has 0 saturated carbocycles. The summed E-state index contributed by atoms with van der Waals surface area (Å²) in [5.74, 6) is 0.681. The van der Waals surface area contributed by atoms with Crippen molar-refractivity contribution in [2.45, 2.75) is 0 Å². The van der Waals surface area contributed by atoms with E-state index in [0.29, 0.717) is 5.82 Å². The molecule has 226 valence electrons. The second-order valence-corrected chi connectivity index (χ2v) is 13.9. The van der Waals surface area contributed by atoms with Gasteiger partial charge >= 0.3 is 0 Å². The highest BCUT2D eigenvalue weighted by atomic mass is 32.1. The first-order valence-corrected chi connectivity index (χ1v) is 17.3. The predicted molar refractivity (Wildman–Crippen MR) is 209 cm³/mol. The topological polar surface area (TPSA) is 38.7 Å². The van der Waals surface area contributed by atoms with Crippen LogP contribution in [-0.4, -0.2) is 15.0 Å². The number of thiophene rings is 1. The second-order valence-electron chi connectivity index (χ2n) is 12.8. The van der Waals surface area contributed by atoms with Gasteiger partial charge in [-0.25, -0.2) is 9.97 Å². The van der Waals surface area contributed by atoms with E-state index in [2.05, 4.69) is 146 Å². The molecule has 0 bridgehead atoms.